The van der Waals surface area contributed by atoms with E-state index in [1.165, 1.54) is 7.11 Å². The van der Waals surface area contributed by atoms with Gasteiger partial charge in [-0.1, -0.05) is 30.3 Å². The third kappa shape index (κ3) is 3.36. The van der Waals surface area contributed by atoms with E-state index in [1.807, 2.05) is 30.3 Å². The summed E-state index contributed by atoms with van der Waals surface area (Å²) in [5.41, 5.74) is 1.06. The Kier molecular flexibility index (Phi) is 4.74. The summed E-state index contributed by atoms with van der Waals surface area (Å²) in [7, 11) is 1.37. The van der Waals surface area contributed by atoms with Crippen LogP contribution in [0.1, 0.15) is 12.5 Å². The number of carbonyl (C=O) groups is 2. The van der Waals surface area contributed by atoms with Gasteiger partial charge in [0.1, 0.15) is 6.54 Å². The number of esters is 2. The summed E-state index contributed by atoms with van der Waals surface area (Å²) in [6, 6.07) is 9.18. The molecule has 0 amide bonds. The van der Waals surface area contributed by atoms with Gasteiger partial charge in [-0.15, -0.1) is 0 Å². The molecule has 0 radical (unpaired) electrons. The molecule has 20 heavy (non-hydrogen) atoms. The first kappa shape index (κ1) is 14.5. The van der Waals surface area contributed by atoms with E-state index in [0.717, 1.165) is 10.5 Å². The molecule has 2 rings (SSSR count). The Morgan fingerprint density at radius 1 is 1.35 bits per heavy atom. The van der Waals surface area contributed by atoms with Crippen LogP contribution < -0.4 is 4.90 Å². The van der Waals surface area contributed by atoms with Crippen molar-refractivity contribution in [2.24, 2.45) is 0 Å². The predicted octanol–water partition coefficient (Wildman–Crippen LogP) is -0.399. The summed E-state index contributed by atoms with van der Waals surface area (Å²) in [6.45, 7) is 2.76. The summed E-state index contributed by atoms with van der Waals surface area (Å²) < 4.78 is 9.86. The maximum Gasteiger partial charge on any atom is 0.370 e. The highest BCUT2D eigenvalue weighted by Gasteiger charge is 2.54. The van der Waals surface area contributed by atoms with Gasteiger partial charge in [0.25, 0.3) is 0 Å². The largest absolute Gasteiger partial charge is 0.464 e. The number of methoxy groups -OCH3 is 1. The van der Waals surface area contributed by atoms with Crippen LogP contribution in [0.15, 0.2) is 30.3 Å². The van der Waals surface area contributed by atoms with E-state index in [1.54, 1.807) is 6.92 Å². The molecule has 0 saturated carbocycles. The molecule has 1 aromatic carbocycles. The SMILES string of the molecule is CCOC(=O)[C@@H](Cc1ccccc1)[NH+]1C[C@H]1C(=O)OC. The molecule has 1 aromatic rings. The second kappa shape index (κ2) is 6.52. The minimum atomic E-state index is -0.346. The van der Waals surface area contributed by atoms with E-state index >= 15 is 0 Å². The number of hydrogen-bond acceptors (Lipinski definition) is 4. The van der Waals surface area contributed by atoms with Crippen molar-refractivity contribution in [1.29, 1.82) is 0 Å². The van der Waals surface area contributed by atoms with Crippen molar-refractivity contribution in [3.05, 3.63) is 35.9 Å². The van der Waals surface area contributed by atoms with Crippen LogP contribution in [0.4, 0.5) is 0 Å². The van der Waals surface area contributed by atoms with Gasteiger partial charge in [-0.2, -0.15) is 0 Å². The molecule has 1 heterocycles. The van der Waals surface area contributed by atoms with Gasteiger partial charge in [-0.25, -0.2) is 9.59 Å². The molecule has 1 fully saturated rings. The van der Waals surface area contributed by atoms with Crippen molar-refractivity contribution in [3.63, 3.8) is 0 Å². The monoisotopic (exact) mass is 278 g/mol. The Morgan fingerprint density at radius 2 is 2.05 bits per heavy atom. The molecule has 1 N–H and O–H groups in total. The van der Waals surface area contributed by atoms with Gasteiger partial charge in [-0.3, -0.25) is 0 Å². The van der Waals surface area contributed by atoms with Gasteiger partial charge in [0.15, 0.2) is 6.04 Å². The number of benzene rings is 1. The second-order valence-electron chi connectivity index (χ2n) is 4.85. The van der Waals surface area contributed by atoms with Crippen LogP contribution >= 0.6 is 0 Å². The van der Waals surface area contributed by atoms with Crippen molar-refractivity contribution in [2.45, 2.75) is 25.4 Å². The van der Waals surface area contributed by atoms with E-state index in [9.17, 15) is 9.59 Å². The summed E-state index contributed by atoms with van der Waals surface area (Å²) in [5, 5.41) is 0. The molecule has 5 heteroatoms. The minimum absolute atomic E-state index is 0.238. The number of nitrogens with one attached hydrogen (secondary N) is 1. The highest BCUT2D eigenvalue weighted by Crippen LogP contribution is 2.06. The molecule has 0 aromatic heterocycles. The van der Waals surface area contributed by atoms with Crippen molar-refractivity contribution < 1.29 is 24.0 Å². The maximum absolute atomic E-state index is 12.1. The standard InChI is InChI=1S/C15H19NO4/c1-3-20-15(18)12(9-11-7-5-4-6-8-11)16-10-13(16)14(17)19-2/h4-8,12-13H,3,9-10H2,1-2H3/p+1/t12-,13+,16?/m1/s1. The third-order valence-corrected chi connectivity index (χ3v) is 3.51. The summed E-state index contributed by atoms with van der Waals surface area (Å²) in [5.74, 6) is -0.514. The van der Waals surface area contributed by atoms with E-state index in [2.05, 4.69) is 0 Å². The molecule has 0 bridgehead atoms. The number of ether oxygens (including phenoxy) is 2. The molecular formula is C15H20NO4+. The van der Waals surface area contributed by atoms with Gasteiger partial charge in [0.2, 0.25) is 6.04 Å². The lowest BCUT2D eigenvalue weighted by molar-refractivity contribution is -0.789. The van der Waals surface area contributed by atoms with Crippen LogP contribution in [0, 0.1) is 0 Å². The van der Waals surface area contributed by atoms with Gasteiger partial charge < -0.3 is 14.4 Å². The van der Waals surface area contributed by atoms with Crippen LogP contribution in [0.3, 0.4) is 0 Å². The highest BCUT2D eigenvalue weighted by molar-refractivity contribution is 5.78. The van der Waals surface area contributed by atoms with Crippen molar-refractivity contribution in [3.8, 4) is 0 Å². The Balaban J connectivity index is 2.06. The van der Waals surface area contributed by atoms with Crippen molar-refractivity contribution in [2.75, 3.05) is 20.3 Å². The van der Waals surface area contributed by atoms with Crippen LogP contribution in [0.25, 0.3) is 0 Å². The Morgan fingerprint density at radius 3 is 2.65 bits per heavy atom. The van der Waals surface area contributed by atoms with Crippen LogP contribution in [-0.2, 0) is 25.5 Å². The molecule has 108 valence electrons. The first-order chi connectivity index (χ1) is 9.67. The third-order valence-electron chi connectivity index (χ3n) is 3.51. The zero-order chi connectivity index (χ0) is 14.5. The molecule has 0 spiro atoms. The molecular weight excluding hydrogens is 258 g/mol. The average Bonchev–Trinajstić information content (AvgIpc) is 3.25. The fourth-order valence-electron chi connectivity index (χ4n) is 2.40. The van der Waals surface area contributed by atoms with Gasteiger partial charge in [0, 0.05) is 6.42 Å². The zero-order valence-electron chi connectivity index (χ0n) is 11.8. The lowest BCUT2D eigenvalue weighted by atomic mass is 10.1. The lowest BCUT2D eigenvalue weighted by Gasteiger charge is -2.14. The van der Waals surface area contributed by atoms with Gasteiger partial charge in [-0.05, 0) is 12.5 Å². The molecule has 1 saturated heterocycles. The van der Waals surface area contributed by atoms with E-state index in [4.69, 9.17) is 9.47 Å². The fraction of sp³-hybridized carbons (Fsp3) is 0.467. The molecule has 5 nitrogen and oxygen atoms in total. The van der Waals surface area contributed by atoms with Crippen molar-refractivity contribution in [1.82, 2.24) is 0 Å². The molecule has 1 aliphatic heterocycles. The summed E-state index contributed by atoms with van der Waals surface area (Å²) >= 11 is 0. The number of hydrogen-bond donors (Lipinski definition) is 1. The Hall–Kier alpha value is -1.88. The molecule has 1 aliphatic rings. The Labute approximate surface area is 118 Å². The van der Waals surface area contributed by atoms with E-state index in [-0.39, 0.29) is 24.0 Å². The maximum atomic E-state index is 12.1. The van der Waals surface area contributed by atoms with Crippen molar-refractivity contribution >= 4 is 11.9 Å². The normalized spacial score (nSPS) is 21.9. The number of carbonyl (C=O) groups excluding carboxylic acids is 2. The number of quaternary nitrogens is 1. The summed E-state index contributed by atoms with van der Waals surface area (Å²) in [6.07, 6.45) is 0.572. The minimum Gasteiger partial charge on any atom is -0.464 e. The summed E-state index contributed by atoms with van der Waals surface area (Å²) in [4.78, 5) is 24.5. The quantitative estimate of drug-likeness (QED) is 0.568. The first-order valence-electron chi connectivity index (χ1n) is 6.81. The molecule has 0 aliphatic carbocycles. The van der Waals surface area contributed by atoms with Gasteiger partial charge >= 0.3 is 11.9 Å². The Bertz CT molecular complexity index is 474. The smallest absolute Gasteiger partial charge is 0.370 e. The zero-order valence-corrected chi connectivity index (χ0v) is 11.8. The van der Waals surface area contributed by atoms with Crippen LogP contribution in [0.2, 0.25) is 0 Å². The average molecular weight is 278 g/mol. The lowest BCUT2D eigenvalue weighted by Crippen LogP contribution is -3.02. The molecule has 1 unspecified atom stereocenters. The number of rotatable bonds is 6. The van der Waals surface area contributed by atoms with Crippen LogP contribution in [-0.4, -0.2) is 44.3 Å². The van der Waals surface area contributed by atoms with Gasteiger partial charge in [0.05, 0.1) is 13.7 Å². The van der Waals surface area contributed by atoms with E-state index < -0.39 is 0 Å². The highest BCUT2D eigenvalue weighted by atomic mass is 16.5. The predicted molar refractivity (Wildman–Crippen MR) is 72.2 cm³/mol. The van der Waals surface area contributed by atoms with Crippen LogP contribution in [0.5, 0.6) is 0 Å². The second-order valence-corrected chi connectivity index (χ2v) is 4.85. The fourth-order valence-corrected chi connectivity index (χ4v) is 2.40. The topological polar surface area (TPSA) is 57.0 Å². The molecule has 3 atom stereocenters. The first-order valence-corrected chi connectivity index (χ1v) is 6.81. The van der Waals surface area contributed by atoms with E-state index in [0.29, 0.717) is 19.6 Å².